The van der Waals surface area contributed by atoms with E-state index in [1.165, 1.54) is 0 Å². The molecule has 2 heterocycles. The minimum atomic E-state index is -0.0738. The smallest absolute Gasteiger partial charge is 0.323 e. The molecule has 2 amide bonds. The molecule has 1 aliphatic rings. The number of carbonyl (C=O) groups excluding carboxylic acids is 1. The summed E-state index contributed by atoms with van der Waals surface area (Å²) < 4.78 is 1.66. The molecule has 1 aromatic rings. The Morgan fingerprint density at radius 2 is 2.22 bits per heavy atom. The second-order valence-electron chi connectivity index (χ2n) is 4.98. The molecule has 6 heteroatoms. The Labute approximate surface area is 107 Å². The minimum absolute atomic E-state index is 0.0738. The second-order valence-corrected chi connectivity index (χ2v) is 4.98. The zero-order valence-corrected chi connectivity index (χ0v) is 11.0. The normalized spacial score (nSPS) is 16.9. The molecule has 0 atom stereocenters. The largest absolute Gasteiger partial charge is 0.326 e. The molecule has 1 aromatic heterocycles. The van der Waals surface area contributed by atoms with E-state index < -0.39 is 0 Å². The summed E-state index contributed by atoms with van der Waals surface area (Å²) in [4.78, 5) is 13.9. The molecule has 1 saturated heterocycles. The zero-order chi connectivity index (χ0) is 13.1. The molecule has 0 unspecified atom stereocenters. The first-order valence-electron chi connectivity index (χ1n) is 6.38. The SMILES string of the molecule is CC1CCN(C(=O)Nc2nn(C)cc2CN)CC1. The molecule has 1 fully saturated rings. The van der Waals surface area contributed by atoms with Gasteiger partial charge in [0.2, 0.25) is 0 Å². The molecule has 0 saturated carbocycles. The fourth-order valence-corrected chi connectivity index (χ4v) is 2.18. The maximum atomic E-state index is 12.1. The van der Waals surface area contributed by atoms with E-state index in [2.05, 4.69) is 17.3 Å². The van der Waals surface area contributed by atoms with Crippen molar-refractivity contribution in [3.63, 3.8) is 0 Å². The Morgan fingerprint density at radius 3 is 2.83 bits per heavy atom. The number of amides is 2. The van der Waals surface area contributed by atoms with Crippen LogP contribution >= 0.6 is 0 Å². The third-order valence-electron chi connectivity index (χ3n) is 3.42. The first kappa shape index (κ1) is 12.9. The number of urea groups is 1. The fraction of sp³-hybridized carbons (Fsp3) is 0.667. The van der Waals surface area contributed by atoms with E-state index in [4.69, 9.17) is 5.73 Å². The maximum absolute atomic E-state index is 12.1. The highest BCUT2D eigenvalue weighted by atomic mass is 16.2. The lowest BCUT2D eigenvalue weighted by Crippen LogP contribution is -2.40. The molecule has 0 aromatic carbocycles. The molecule has 0 aliphatic carbocycles. The molecular formula is C12H21N5O. The van der Waals surface area contributed by atoms with Gasteiger partial charge in [0, 0.05) is 38.4 Å². The van der Waals surface area contributed by atoms with Crippen LogP contribution in [0.15, 0.2) is 6.20 Å². The third-order valence-corrected chi connectivity index (χ3v) is 3.42. The van der Waals surface area contributed by atoms with Crippen molar-refractivity contribution in [2.24, 2.45) is 18.7 Å². The molecule has 0 radical (unpaired) electrons. The summed E-state index contributed by atoms with van der Waals surface area (Å²) in [5, 5.41) is 7.05. The molecule has 3 N–H and O–H groups in total. The van der Waals surface area contributed by atoms with E-state index in [-0.39, 0.29) is 6.03 Å². The molecule has 18 heavy (non-hydrogen) atoms. The summed E-state index contributed by atoms with van der Waals surface area (Å²) in [5.41, 5.74) is 6.48. The van der Waals surface area contributed by atoms with Crippen molar-refractivity contribution in [3.8, 4) is 0 Å². The Balaban J connectivity index is 1.98. The first-order chi connectivity index (χ1) is 8.60. The average Bonchev–Trinajstić information content (AvgIpc) is 2.70. The number of likely N-dealkylation sites (tertiary alicyclic amines) is 1. The number of anilines is 1. The zero-order valence-electron chi connectivity index (χ0n) is 11.0. The van der Waals surface area contributed by atoms with Crippen LogP contribution in [0, 0.1) is 5.92 Å². The first-order valence-corrected chi connectivity index (χ1v) is 6.38. The number of rotatable bonds is 2. The molecular weight excluding hydrogens is 230 g/mol. The highest BCUT2D eigenvalue weighted by Gasteiger charge is 2.21. The Morgan fingerprint density at radius 1 is 1.56 bits per heavy atom. The second kappa shape index (κ2) is 5.39. The highest BCUT2D eigenvalue weighted by Crippen LogP contribution is 2.18. The van der Waals surface area contributed by atoms with Crippen molar-refractivity contribution < 1.29 is 4.79 Å². The summed E-state index contributed by atoms with van der Waals surface area (Å²) in [6, 6.07) is -0.0738. The van der Waals surface area contributed by atoms with Crippen LogP contribution in [-0.2, 0) is 13.6 Å². The Kier molecular flexibility index (Phi) is 3.86. The van der Waals surface area contributed by atoms with Crippen LogP contribution in [0.4, 0.5) is 10.6 Å². The Hall–Kier alpha value is -1.56. The number of aryl methyl sites for hydroxylation is 1. The highest BCUT2D eigenvalue weighted by molar-refractivity contribution is 5.89. The van der Waals surface area contributed by atoms with Crippen molar-refractivity contribution >= 4 is 11.8 Å². The van der Waals surface area contributed by atoms with Gasteiger partial charge in [-0.25, -0.2) is 4.79 Å². The summed E-state index contributed by atoms with van der Waals surface area (Å²) in [7, 11) is 1.82. The van der Waals surface area contributed by atoms with E-state index >= 15 is 0 Å². The van der Waals surface area contributed by atoms with Crippen molar-refractivity contribution in [1.82, 2.24) is 14.7 Å². The van der Waals surface area contributed by atoms with Gasteiger partial charge < -0.3 is 10.6 Å². The van der Waals surface area contributed by atoms with Crippen LogP contribution in [0.3, 0.4) is 0 Å². The molecule has 0 bridgehead atoms. The van der Waals surface area contributed by atoms with Crippen LogP contribution in [0.25, 0.3) is 0 Å². The van der Waals surface area contributed by atoms with Gasteiger partial charge in [-0.2, -0.15) is 5.10 Å². The lowest BCUT2D eigenvalue weighted by Gasteiger charge is -2.30. The van der Waals surface area contributed by atoms with Crippen LogP contribution in [0.1, 0.15) is 25.3 Å². The van der Waals surface area contributed by atoms with Gasteiger partial charge in [-0.15, -0.1) is 0 Å². The van der Waals surface area contributed by atoms with E-state index in [9.17, 15) is 4.79 Å². The van der Waals surface area contributed by atoms with Crippen molar-refractivity contribution in [3.05, 3.63) is 11.8 Å². The van der Waals surface area contributed by atoms with Gasteiger partial charge in [-0.05, 0) is 18.8 Å². The molecule has 2 rings (SSSR count). The lowest BCUT2D eigenvalue weighted by molar-refractivity contribution is 0.186. The summed E-state index contributed by atoms with van der Waals surface area (Å²) >= 11 is 0. The third kappa shape index (κ3) is 2.81. The number of piperidine rings is 1. The van der Waals surface area contributed by atoms with Crippen molar-refractivity contribution in [2.45, 2.75) is 26.3 Å². The lowest BCUT2D eigenvalue weighted by atomic mass is 10.00. The summed E-state index contributed by atoms with van der Waals surface area (Å²) in [6.45, 7) is 4.23. The monoisotopic (exact) mass is 251 g/mol. The van der Waals surface area contributed by atoms with Crippen molar-refractivity contribution in [1.29, 1.82) is 0 Å². The standard InChI is InChI=1S/C12H21N5O/c1-9-3-5-17(6-4-9)12(18)14-11-10(7-13)8-16(2)15-11/h8-9H,3-7,13H2,1-2H3,(H,14,15,18). The fourth-order valence-electron chi connectivity index (χ4n) is 2.18. The average molecular weight is 251 g/mol. The van der Waals surface area contributed by atoms with Gasteiger partial charge in [-0.3, -0.25) is 10.00 Å². The van der Waals surface area contributed by atoms with E-state index in [0.29, 0.717) is 18.3 Å². The number of nitrogens with two attached hydrogens (primary N) is 1. The van der Waals surface area contributed by atoms with E-state index in [0.717, 1.165) is 31.5 Å². The number of aromatic nitrogens is 2. The van der Waals surface area contributed by atoms with Crippen LogP contribution in [0.5, 0.6) is 0 Å². The quantitative estimate of drug-likeness (QED) is 0.827. The number of hydrogen-bond acceptors (Lipinski definition) is 3. The van der Waals surface area contributed by atoms with Crippen LogP contribution < -0.4 is 11.1 Å². The van der Waals surface area contributed by atoms with Crippen LogP contribution in [-0.4, -0.2) is 33.8 Å². The maximum Gasteiger partial charge on any atom is 0.323 e. The van der Waals surface area contributed by atoms with Crippen LogP contribution in [0.2, 0.25) is 0 Å². The minimum Gasteiger partial charge on any atom is -0.326 e. The number of hydrogen-bond donors (Lipinski definition) is 2. The molecule has 0 spiro atoms. The van der Waals surface area contributed by atoms with E-state index in [1.54, 1.807) is 4.68 Å². The number of nitrogens with zero attached hydrogens (tertiary/aromatic N) is 3. The van der Waals surface area contributed by atoms with Gasteiger partial charge >= 0.3 is 6.03 Å². The summed E-state index contributed by atoms with van der Waals surface area (Å²) in [6.07, 6.45) is 3.96. The Bertz CT molecular complexity index is 420. The predicted molar refractivity (Wildman–Crippen MR) is 70.1 cm³/mol. The molecule has 1 aliphatic heterocycles. The molecule has 100 valence electrons. The van der Waals surface area contributed by atoms with Gasteiger partial charge in [-0.1, -0.05) is 6.92 Å². The molecule has 6 nitrogen and oxygen atoms in total. The van der Waals surface area contributed by atoms with Crippen molar-refractivity contribution in [2.75, 3.05) is 18.4 Å². The number of nitrogens with one attached hydrogen (secondary N) is 1. The van der Waals surface area contributed by atoms with Gasteiger partial charge in [0.25, 0.3) is 0 Å². The topological polar surface area (TPSA) is 76.2 Å². The predicted octanol–water partition coefficient (Wildman–Crippen LogP) is 1.14. The van der Waals surface area contributed by atoms with E-state index in [1.807, 2.05) is 18.1 Å². The van der Waals surface area contributed by atoms with Gasteiger partial charge in [0.15, 0.2) is 5.82 Å². The van der Waals surface area contributed by atoms with Gasteiger partial charge in [0.1, 0.15) is 0 Å². The van der Waals surface area contributed by atoms with Gasteiger partial charge in [0.05, 0.1) is 0 Å². The summed E-state index contributed by atoms with van der Waals surface area (Å²) in [5.74, 6) is 1.28. The number of carbonyl (C=O) groups is 1.